The van der Waals surface area contributed by atoms with Crippen LogP contribution in [0.4, 0.5) is 11.5 Å². The Bertz CT molecular complexity index is 957. The summed E-state index contributed by atoms with van der Waals surface area (Å²) in [6.45, 7) is 2.61. The molecule has 9 nitrogen and oxygen atoms in total. The van der Waals surface area contributed by atoms with Crippen LogP contribution in [0.1, 0.15) is 19.8 Å². The van der Waals surface area contributed by atoms with E-state index in [-0.39, 0.29) is 23.4 Å². The smallest absolute Gasteiger partial charge is 0.336 e. The number of pyridine rings is 1. The summed E-state index contributed by atoms with van der Waals surface area (Å²) in [6, 6.07) is 3.52. The van der Waals surface area contributed by atoms with Crippen LogP contribution in [0.2, 0.25) is 0 Å². The van der Waals surface area contributed by atoms with E-state index in [1.807, 2.05) is 6.92 Å². The van der Waals surface area contributed by atoms with Crippen LogP contribution in [-0.2, 0) is 9.59 Å². The minimum atomic E-state index is -0.748. The van der Waals surface area contributed by atoms with Crippen LogP contribution < -0.4 is 31.0 Å². The highest BCUT2D eigenvalue weighted by molar-refractivity contribution is 6.04. The lowest BCUT2D eigenvalue weighted by Gasteiger charge is -2.20. The molecular formula is C19H22N4O5. The Morgan fingerprint density at radius 3 is 2.50 bits per heavy atom. The van der Waals surface area contributed by atoms with E-state index in [1.54, 1.807) is 12.1 Å². The number of nitrogens with zero attached hydrogens (tertiary/aromatic N) is 1. The van der Waals surface area contributed by atoms with E-state index in [4.69, 9.17) is 25.7 Å². The number of benzene rings is 1. The fourth-order valence-electron chi connectivity index (χ4n) is 2.91. The summed E-state index contributed by atoms with van der Waals surface area (Å²) in [6.07, 6.45) is 3.67. The molecule has 148 valence electrons. The Balaban J connectivity index is 2.18. The molecule has 1 aliphatic heterocycles. The maximum absolute atomic E-state index is 12.0. The monoisotopic (exact) mass is 386 g/mol. The first-order valence-electron chi connectivity index (χ1n) is 8.82. The number of esters is 2. The number of fused-ring (bicyclic) bond motifs is 3. The predicted molar refractivity (Wildman–Crippen MR) is 104 cm³/mol. The largest absolute Gasteiger partial charge is 0.497 e. The normalized spacial score (nSPS) is 15.7. The van der Waals surface area contributed by atoms with Gasteiger partial charge < -0.3 is 31.0 Å². The third kappa shape index (κ3) is 3.99. The fourth-order valence-corrected chi connectivity index (χ4v) is 2.91. The van der Waals surface area contributed by atoms with Crippen LogP contribution in [0.15, 0.2) is 24.3 Å². The van der Waals surface area contributed by atoms with Gasteiger partial charge in [0.2, 0.25) is 5.75 Å². The molecule has 28 heavy (non-hydrogen) atoms. The highest BCUT2D eigenvalue weighted by Crippen LogP contribution is 2.43. The van der Waals surface area contributed by atoms with Gasteiger partial charge in [-0.05, 0) is 32.4 Å². The zero-order valence-corrected chi connectivity index (χ0v) is 15.7. The van der Waals surface area contributed by atoms with E-state index in [0.29, 0.717) is 28.9 Å². The number of carbonyl (C=O) groups is 2. The molecule has 3 rings (SSSR count). The van der Waals surface area contributed by atoms with Crippen molar-refractivity contribution in [1.82, 2.24) is 4.98 Å². The van der Waals surface area contributed by atoms with Crippen molar-refractivity contribution in [3.8, 4) is 17.2 Å². The first-order chi connectivity index (χ1) is 13.4. The van der Waals surface area contributed by atoms with E-state index < -0.39 is 11.9 Å². The fraction of sp³-hybridized carbons (Fsp3) is 0.316. The van der Waals surface area contributed by atoms with Crippen LogP contribution in [0.3, 0.4) is 0 Å². The SMILES string of the molecule is COc1cc(NC(C)CCCN)c2nc(N)c3c(c2c1)OC(=O)/C=C\C(=O)O3. The summed E-state index contributed by atoms with van der Waals surface area (Å²) >= 11 is 0. The van der Waals surface area contributed by atoms with Crippen LogP contribution in [0.5, 0.6) is 17.2 Å². The predicted octanol–water partition coefficient (Wildman–Crippen LogP) is 1.75. The highest BCUT2D eigenvalue weighted by atomic mass is 16.6. The second-order valence-corrected chi connectivity index (χ2v) is 6.38. The topological polar surface area (TPSA) is 139 Å². The molecule has 0 radical (unpaired) electrons. The number of nitrogen functional groups attached to an aromatic ring is 1. The molecule has 1 aromatic carbocycles. The lowest BCUT2D eigenvalue weighted by Crippen LogP contribution is -2.18. The van der Waals surface area contributed by atoms with E-state index in [9.17, 15) is 9.59 Å². The van der Waals surface area contributed by atoms with Crippen molar-refractivity contribution in [2.45, 2.75) is 25.8 Å². The van der Waals surface area contributed by atoms with Crippen molar-refractivity contribution < 1.29 is 23.8 Å². The molecule has 1 atom stereocenters. The second-order valence-electron chi connectivity index (χ2n) is 6.38. The van der Waals surface area contributed by atoms with E-state index in [2.05, 4.69) is 10.3 Å². The summed E-state index contributed by atoms with van der Waals surface area (Å²) < 4.78 is 16.0. The third-order valence-electron chi connectivity index (χ3n) is 4.24. The molecule has 0 saturated heterocycles. The maximum Gasteiger partial charge on any atom is 0.336 e. The molecule has 0 fully saturated rings. The lowest BCUT2D eigenvalue weighted by atomic mass is 10.1. The van der Waals surface area contributed by atoms with E-state index in [0.717, 1.165) is 25.0 Å². The summed E-state index contributed by atoms with van der Waals surface area (Å²) in [7, 11) is 1.52. The average Bonchev–Trinajstić information content (AvgIpc) is 2.66. The molecule has 1 unspecified atom stereocenters. The van der Waals surface area contributed by atoms with Gasteiger partial charge in [0.15, 0.2) is 11.6 Å². The van der Waals surface area contributed by atoms with Gasteiger partial charge in [-0.3, -0.25) is 0 Å². The summed E-state index contributed by atoms with van der Waals surface area (Å²) in [5, 5.41) is 3.79. The summed E-state index contributed by atoms with van der Waals surface area (Å²) in [5.41, 5.74) is 12.7. The van der Waals surface area contributed by atoms with Crippen LogP contribution in [0.25, 0.3) is 10.9 Å². The second kappa shape index (κ2) is 8.13. The molecule has 0 amide bonds. The molecule has 2 heterocycles. The number of carbonyl (C=O) groups excluding carboxylic acids is 2. The Morgan fingerprint density at radius 1 is 1.18 bits per heavy atom. The van der Waals surface area contributed by atoms with Gasteiger partial charge in [-0.2, -0.15) is 0 Å². The minimum Gasteiger partial charge on any atom is -0.497 e. The highest BCUT2D eigenvalue weighted by Gasteiger charge is 2.25. The van der Waals surface area contributed by atoms with Crippen LogP contribution in [0, 0.1) is 0 Å². The van der Waals surface area contributed by atoms with Gasteiger partial charge in [0.25, 0.3) is 0 Å². The molecule has 0 aliphatic carbocycles. The van der Waals surface area contributed by atoms with Gasteiger partial charge in [0.1, 0.15) is 11.3 Å². The van der Waals surface area contributed by atoms with Gasteiger partial charge in [-0.25, -0.2) is 14.6 Å². The first-order valence-corrected chi connectivity index (χ1v) is 8.82. The number of methoxy groups -OCH3 is 1. The average molecular weight is 386 g/mol. The molecule has 2 aromatic rings. The van der Waals surface area contributed by atoms with Crippen LogP contribution >= 0.6 is 0 Å². The van der Waals surface area contributed by atoms with Crippen LogP contribution in [-0.4, -0.2) is 36.6 Å². The zero-order valence-electron chi connectivity index (χ0n) is 15.7. The third-order valence-corrected chi connectivity index (χ3v) is 4.24. The van der Waals surface area contributed by atoms with Gasteiger partial charge in [0, 0.05) is 24.3 Å². The number of anilines is 2. The molecule has 9 heteroatoms. The van der Waals surface area contributed by atoms with Crippen molar-refractivity contribution in [1.29, 1.82) is 0 Å². The Kier molecular flexibility index (Phi) is 5.65. The van der Waals surface area contributed by atoms with Gasteiger partial charge in [-0.1, -0.05) is 0 Å². The molecule has 0 spiro atoms. The minimum absolute atomic E-state index is 0.0155. The van der Waals surface area contributed by atoms with Crippen molar-refractivity contribution in [2.24, 2.45) is 5.73 Å². The molecular weight excluding hydrogens is 364 g/mol. The number of nitrogens with one attached hydrogen (secondary N) is 1. The molecule has 0 bridgehead atoms. The Hall–Kier alpha value is -3.33. The maximum atomic E-state index is 12.0. The van der Waals surface area contributed by atoms with Gasteiger partial charge >= 0.3 is 11.9 Å². The molecule has 5 N–H and O–H groups in total. The molecule has 0 saturated carbocycles. The van der Waals surface area contributed by atoms with Crippen molar-refractivity contribution in [2.75, 3.05) is 24.7 Å². The number of nitrogens with two attached hydrogens (primary N) is 2. The Labute approximate surface area is 161 Å². The first kappa shape index (κ1) is 19.4. The van der Waals surface area contributed by atoms with Crippen molar-refractivity contribution in [3.63, 3.8) is 0 Å². The number of rotatable bonds is 6. The molecule has 1 aliphatic rings. The zero-order chi connectivity index (χ0) is 20.3. The van der Waals surface area contributed by atoms with Crippen molar-refractivity contribution in [3.05, 3.63) is 24.3 Å². The number of hydrogen-bond acceptors (Lipinski definition) is 9. The summed E-state index contributed by atoms with van der Waals surface area (Å²) in [4.78, 5) is 28.2. The number of ether oxygens (including phenoxy) is 3. The lowest BCUT2D eigenvalue weighted by molar-refractivity contribution is -0.133. The van der Waals surface area contributed by atoms with E-state index >= 15 is 0 Å². The van der Waals surface area contributed by atoms with Crippen molar-refractivity contribution >= 4 is 34.3 Å². The quantitative estimate of drug-likeness (QED) is 0.633. The standard InChI is InChI=1S/C19H22N4O5/c1-10(4-3-7-20)22-13-9-11(26-2)8-12-16(13)23-19(21)18-17(12)27-14(24)5-6-15(25)28-18/h5-6,8-10,22H,3-4,7,20H2,1-2H3,(H2,21,23)/b6-5-. The van der Waals surface area contributed by atoms with Gasteiger partial charge in [-0.15, -0.1) is 0 Å². The summed E-state index contributed by atoms with van der Waals surface area (Å²) in [5.74, 6) is -1.12. The molecule has 1 aromatic heterocycles. The number of aromatic nitrogens is 1. The Morgan fingerprint density at radius 2 is 1.86 bits per heavy atom. The number of hydrogen-bond donors (Lipinski definition) is 3. The van der Waals surface area contributed by atoms with E-state index in [1.165, 1.54) is 7.11 Å². The van der Waals surface area contributed by atoms with Gasteiger partial charge in [0.05, 0.1) is 18.2 Å².